The first kappa shape index (κ1) is 22.6. The summed E-state index contributed by atoms with van der Waals surface area (Å²) in [6, 6.07) is 10.1. The highest BCUT2D eigenvalue weighted by Crippen LogP contribution is 2.32. The topological polar surface area (TPSA) is 107 Å². The van der Waals surface area contributed by atoms with Crippen LogP contribution in [-0.2, 0) is 14.3 Å². The number of hydrogen-bond acceptors (Lipinski definition) is 7. The maximum absolute atomic E-state index is 12.6. The molecule has 1 amide bonds. The van der Waals surface area contributed by atoms with Crippen LogP contribution in [-0.4, -0.2) is 47.8 Å². The van der Waals surface area contributed by atoms with Crippen LogP contribution in [0.2, 0.25) is 0 Å². The van der Waals surface area contributed by atoms with E-state index < -0.39 is 35.9 Å². The zero-order valence-corrected chi connectivity index (χ0v) is 17.9. The maximum Gasteiger partial charge on any atom is 0.328 e. The van der Waals surface area contributed by atoms with Crippen molar-refractivity contribution in [1.82, 2.24) is 10.3 Å². The molecule has 0 radical (unpaired) electrons. The van der Waals surface area contributed by atoms with Crippen molar-refractivity contribution in [1.29, 1.82) is 0 Å². The Bertz CT molecular complexity index is 900. The molecule has 1 aliphatic carbocycles. The number of carbonyl (C=O) groups excluding carboxylic acids is 2. The molecule has 1 aromatic heterocycles. The second kappa shape index (κ2) is 10.3. The Morgan fingerprint density at radius 2 is 1.90 bits per heavy atom. The van der Waals surface area contributed by atoms with Crippen molar-refractivity contribution in [2.75, 3.05) is 13.7 Å². The third-order valence-electron chi connectivity index (χ3n) is 5.09. The van der Waals surface area contributed by atoms with Gasteiger partial charge in [0.25, 0.3) is 5.91 Å². The molecule has 3 atom stereocenters. The van der Waals surface area contributed by atoms with Crippen molar-refractivity contribution in [3.05, 3.63) is 53.9 Å². The highest BCUT2D eigenvalue weighted by molar-refractivity contribution is 5.97. The van der Waals surface area contributed by atoms with Gasteiger partial charge in [-0.15, -0.1) is 0 Å². The fourth-order valence-corrected chi connectivity index (χ4v) is 3.11. The number of ether oxygens (including phenoxy) is 3. The molecule has 0 saturated heterocycles. The van der Waals surface area contributed by atoms with Crippen LogP contribution in [0.15, 0.2) is 42.6 Å². The van der Waals surface area contributed by atoms with E-state index in [4.69, 9.17) is 14.2 Å². The Balaban J connectivity index is 1.62. The SMILES string of the molecule is COc1ccnc(C(=O)N[C@@H](C)C(=O)O[C@@H](C)[C@H](OCC2CC2)c2ccccc2)c1O. The van der Waals surface area contributed by atoms with Gasteiger partial charge in [0.1, 0.15) is 18.2 Å². The molecule has 2 N–H and O–H groups in total. The van der Waals surface area contributed by atoms with Crippen LogP contribution in [0.4, 0.5) is 0 Å². The van der Waals surface area contributed by atoms with E-state index >= 15 is 0 Å². The smallest absolute Gasteiger partial charge is 0.328 e. The summed E-state index contributed by atoms with van der Waals surface area (Å²) < 4.78 is 16.6. The number of aromatic nitrogens is 1. The summed E-state index contributed by atoms with van der Waals surface area (Å²) in [6.07, 6.45) is 2.68. The number of methoxy groups -OCH3 is 1. The number of rotatable bonds is 10. The predicted molar refractivity (Wildman–Crippen MR) is 113 cm³/mol. The van der Waals surface area contributed by atoms with Crippen LogP contribution in [0, 0.1) is 5.92 Å². The fraction of sp³-hybridized carbons (Fsp3) is 0.435. The van der Waals surface area contributed by atoms with Crippen LogP contribution >= 0.6 is 0 Å². The normalized spacial score (nSPS) is 16.1. The van der Waals surface area contributed by atoms with E-state index in [1.165, 1.54) is 26.3 Å². The average molecular weight is 428 g/mol. The van der Waals surface area contributed by atoms with Gasteiger partial charge in [-0.1, -0.05) is 30.3 Å². The highest BCUT2D eigenvalue weighted by Gasteiger charge is 2.30. The third-order valence-corrected chi connectivity index (χ3v) is 5.09. The highest BCUT2D eigenvalue weighted by atomic mass is 16.6. The summed E-state index contributed by atoms with van der Waals surface area (Å²) >= 11 is 0. The van der Waals surface area contributed by atoms with Gasteiger partial charge >= 0.3 is 5.97 Å². The fourth-order valence-electron chi connectivity index (χ4n) is 3.11. The monoisotopic (exact) mass is 428 g/mol. The summed E-state index contributed by atoms with van der Waals surface area (Å²) in [6.45, 7) is 3.90. The Morgan fingerprint density at radius 3 is 2.55 bits per heavy atom. The average Bonchev–Trinajstić information content (AvgIpc) is 3.59. The van der Waals surface area contributed by atoms with Gasteiger partial charge in [0.2, 0.25) is 0 Å². The molecule has 166 valence electrons. The van der Waals surface area contributed by atoms with Crippen molar-refractivity contribution in [2.24, 2.45) is 5.92 Å². The first-order valence-electron chi connectivity index (χ1n) is 10.3. The molecule has 8 heteroatoms. The van der Waals surface area contributed by atoms with Crippen molar-refractivity contribution in [2.45, 2.75) is 44.9 Å². The zero-order valence-electron chi connectivity index (χ0n) is 17.9. The lowest BCUT2D eigenvalue weighted by atomic mass is 10.1. The van der Waals surface area contributed by atoms with Gasteiger partial charge in [0.05, 0.1) is 13.7 Å². The van der Waals surface area contributed by atoms with Crippen LogP contribution in [0.5, 0.6) is 11.5 Å². The molecule has 1 heterocycles. The minimum Gasteiger partial charge on any atom is -0.503 e. The molecule has 0 spiro atoms. The first-order valence-corrected chi connectivity index (χ1v) is 10.3. The molecule has 1 aromatic carbocycles. The molecule has 0 bridgehead atoms. The summed E-state index contributed by atoms with van der Waals surface area (Å²) in [5, 5.41) is 12.6. The number of pyridine rings is 1. The Morgan fingerprint density at radius 1 is 1.19 bits per heavy atom. The van der Waals surface area contributed by atoms with E-state index in [0.717, 1.165) is 18.4 Å². The summed E-state index contributed by atoms with van der Waals surface area (Å²) in [7, 11) is 1.37. The zero-order chi connectivity index (χ0) is 22.4. The minimum absolute atomic E-state index is 0.113. The summed E-state index contributed by atoms with van der Waals surface area (Å²) in [5.74, 6) is -1.04. The second-order valence-electron chi connectivity index (χ2n) is 7.66. The second-order valence-corrected chi connectivity index (χ2v) is 7.66. The molecule has 1 fully saturated rings. The number of aromatic hydroxyl groups is 1. The molecule has 31 heavy (non-hydrogen) atoms. The van der Waals surface area contributed by atoms with Gasteiger partial charge in [-0.05, 0) is 38.2 Å². The molecule has 1 aliphatic rings. The number of nitrogens with one attached hydrogen (secondary N) is 1. The Labute approximate surface area is 181 Å². The molecular formula is C23H28N2O6. The Kier molecular flexibility index (Phi) is 7.46. The van der Waals surface area contributed by atoms with Crippen molar-refractivity contribution in [3.8, 4) is 11.5 Å². The van der Waals surface area contributed by atoms with E-state index in [-0.39, 0.29) is 11.4 Å². The number of carbonyl (C=O) groups is 2. The quantitative estimate of drug-likeness (QED) is 0.560. The lowest BCUT2D eigenvalue weighted by Crippen LogP contribution is -2.41. The predicted octanol–water partition coefficient (Wildman–Crippen LogP) is 3.01. The van der Waals surface area contributed by atoms with Crippen LogP contribution in [0.3, 0.4) is 0 Å². The maximum atomic E-state index is 12.6. The number of esters is 1. The van der Waals surface area contributed by atoms with Crippen molar-refractivity contribution in [3.63, 3.8) is 0 Å². The van der Waals surface area contributed by atoms with Gasteiger partial charge < -0.3 is 24.6 Å². The van der Waals surface area contributed by atoms with E-state index in [0.29, 0.717) is 12.5 Å². The Hall–Kier alpha value is -3.13. The summed E-state index contributed by atoms with van der Waals surface area (Å²) in [5.41, 5.74) is 0.688. The van der Waals surface area contributed by atoms with E-state index in [1.807, 2.05) is 30.3 Å². The van der Waals surface area contributed by atoms with Crippen LogP contribution in [0.1, 0.15) is 48.8 Å². The molecular weight excluding hydrogens is 400 g/mol. The molecule has 3 rings (SSSR count). The summed E-state index contributed by atoms with van der Waals surface area (Å²) in [4.78, 5) is 28.9. The molecule has 2 aromatic rings. The molecule has 0 unspecified atom stereocenters. The number of amides is 1. The van der Waals surface area contributed by atoms with E-state index in [9.17, 15) is 14.7 Å². The minimum atomic E-state index is -0.956. The van der Waals surface area contributed by atoms with Crippen LogP contribution < -0.4 is 10.1 Å². The first-order chi connectivity index (χ1) is 14.9. The van der Waals surface area contributed by atoms with Crippen molar-refractivity contribution >= 4 is 11.9 Å². The van der Waals surface area contributed by atoms with Gasteiger partial charge in [-0.3, -0.25) is 4.79 Å². The van der Waals surface area contributed by atoms with E-state index in [1.54, 1.807) is 6.92 Å². The number of nitrogens with zero attached hydrogens (tertiary/aromatic N) is 1. The molecule has 1 saturated carbocycles. The third kappa shape index (κ3) is 5.95. The van der Waals surface area contributed by atoms with E-state index in [2.05, 4.69) is 10.3 Å². The number of benzene rings is 1. The molecule has 8 nitrogen and oxygen atoms in total. The lowest BCUT2D eigenvalue weighted by Gasteiger charge is -2.26. The van der Waals surface area contributed by atoms with Gasteiger partial charge in [0.15, 0.2) is 17.2 Å². The van der Waals surface area contributed by atoms with Crippen molar-refractivity contribution < 1.29 is 28.9 Å². The van der Waals surface area contributed by atoms with Gasteiger partial charge in [-0.25, -0.2) is 9.78 Å². The van der Waals surface area contributed by atoms with Gasteiger partial charge in [-0.2, -0.15) is 0 Å². The number of hydrogen-bond donors (Lipinski definition) is 2. The van der Waals surface area contributed by atoms with Gasteiger partial charge in [0, 0.05) is 12.3 Å². The lowest BCUT2D eigenvalue weighted by molar-refractivity contribution is -0.158. The molecule has 0 aliphatic heterocycles. The largest absolute Gasteiger partial charge is 0.503 e. The van der Waals surface area contributed by atoms with Crippen LogP contribution in [0.25, 0.3) is 0 Å². The standard InChI is InChI=1S/C23H28N2O6/c1-14(25-22(27)19-20(26)18(29-3)11-12-24-19)23(28)31-15(2)21(30-13-16-9-10-16)17-7-5-4-6-8-17/h4-8,11-12,14-16,21,26H,9-10,13H2,1-3H3,(H,25,27)/t14-,15-,21-/m0/s1.